The Morgan fingerprint density at radius 2 is 2.19 bits per heavy atom. The Labute approximate surface area is 90.3 Å². The van der Waals surface area contributed by atoms with Gasteiger partial charge < -0.3 is 10.7 Å². The summed E-state index contributed by atoms with van der Waals surface area (Å²) in [7, 11) is 0. The van der Waals surface area contributed by atoms with Gasteiger partial charge in [0.05, 0.1) is 16.6 Å². The van der Waals surface area contributed by atoms with Crippen LogP contribution in [-0.4, -0.2) is 20.9 Å². The number of pyridine rings is 1. The first-order valence-electron chi connectivity index (χ1n) is 4.79. The highest BCUT2D eigenvalue weighted by Crippen LogP contribution is 2.21. The highest BCUT2D eigenvalue weighted by Gasteiger charge is 2.09. The van der Waals surface area contributed by atoms with Gasteiger partial charge >= 0.3 is 0 Å². The third-order valence-electron chi connectivity index (χ3n) is 2.47. The lowest BCUT2D eigenvalue weighted by atomic mass is 10.2. The number of aromatic amines is 1. The Morgan fingerprint density at radius 3 is 3.00 bits per heavy atom. The Morgan fingerprint density at radius 1 is 1.31 bits per heavy atom. The fourth-order valence-electron chi connectivity index (χ4n) is 1.74. The van der Waals surface area contributed by atoms with Gasteiger partial charge in [0, 0.05) is 11.6 Å². The van der Waals surface area contributed by atoms with Gasteiger partial charge in [-0.05, 0) is 24.3 Å². The molecule has 0 atom stereocenters. The zero-order chi connectivity index (χ0) is 11.1. The normalized spacial score (nSPS) is 11.0. The average Bonchev–Trinajstić information content (AvgIpc) is 2.73. The smallest absolute Gasteiger partial charge is 0.284 e. The summed E-state index contributed by atoms with van der Waals surface area (Å²) in [6.07, 6.45) is 1.72. The van der Waals surface area contributed by atoms with Crippen molar-refractivity contribution in [3.63, 3.8) is 0 Å². The quantitative estimate of drug-likeness (QED) is 0.635. The number of nitrogens with zero attached hydrogens (tertiary/aromatic N) is 2. The summed E-state index contributed by atoms with van der Waals surface area (Å²) in [6.45, 7) is 0. The molecular formula is C11H8N4O. The highest BCUT2D eigenvalue weighted by atomic mass is 16.1. The monoisotopic (exact) mass is 212 g/mol. The number of amides is 1. The Bertz CT molecular complexity index is 701. The van der Waals surface area contributed by atoms with Crippen LogP contribution in [0.15, 0.2) is 30.5 Å². The second-order valence-corrected chi connectivity index (χ2v) is 3.48. The molecule has 0 unspecified atom stereocenters. The molecule has 2 aromatic heterocycles. The molecule has 0 aliphatic carbocycles. The summed E-state index contributed by atoms with van der Waals surface area (Å²) in [5, 5.41) is 0.906. The molecule has 0 bridgehead atoms. The largest absolute Gasteiger partial charge is 0.363 e. The topological polar surface area (TPSA) is 84.7 Å². The second-order valence-electron chi connectivity index (χ2n) is 3.48. The first kappa shape index (κ1) is 8.84. The van der Waals surface area contributed by atoms with Gasteiger partial charge in [0.2, 0.25) is 0 Å². The number of carbonyl (C=O) groups is 1. The van der Waals surface area contributed by atoms with Gasteiger partial charge in [-0.3, -0.25) is 9.78 Å². The number of carbonyl (C=O) groups excluding carboxylic acids is 1. The summed E-state index contributed by atoms with van der Waals surface area (Å²) in [5.41, 5.74) is 7.53. The van der Waals surface area contributed by atoms with E-state index in [0.717, 1.165) is 21.9 Å². The maximum Gasteiger partial charge on any atom is 0.284 e. The van der Waals surface area contributed by atoms with Crippen LogP contribution in [0.25, 0.3) is 21.9 Å². The van der Waals surface area contributed by atoms with E-state index in [1.807, 2.05) is 24.3 Å². The van der Waals surface area contributed by atoms with E-state index in [9.17, 15) is 4.79 Å². The van der Waals surface area contributed by atoms with Gasteiger partial charge in [0.1, 0.15) is 0 Å². The number of fused-ring (bicyclic) bond motifs is 3. The maximum absolute atomic E-state index is 11.0. The van der Waals surface area contributed by atoms with E-state index in [1.54, 1.807) is 6.20 Å². The molecule has 5 heteroatoms. The molecule has 0 radical (unpaired) electrons. The van der Waals surface area contributed by atoms with E-state index in [0.29, 0.717) is 0 Å². The molecule has 78 valence electrons. The van der Waals surface area contributed by atoms with Gasteiger partial charge in [-0.2, -0.15) is 0 Å². The molecule has 0 spiro atoms. The number of rotatable bonds is 1. The van der Waals surface area contributed by atoms with Gasteiger partial charge in [-0.15, -0.1) is 0 Å². The van der Waals surface area contributed by atoms with Crippen molar-refractivity contribution >= 4 is 27.8 Å². The lowest BCUT2D eigenvalue weighted by molar-refractivity contribution is 0.0991. The summed E-state index contributed by atoms with van der Waals surface area (Å²) < 4.78 is 0. The first-order valence-corrected chi connectivity index (χ1v) is 4.79. The Kier molecular flexibility index (Phi) is 1.67. The van der Waals surface area contributed by atoms with E-state index < -0.39 is 5.91 Å². The lowest BCUT2D eigenvalue weighted by Gasteiger charge is -1.95. The standard InChI is InChI=1S/C11H8N4O/c12-10(16)11-14-8-4-3-7-6(9(8)15-11)2-1-5-13-7/h1-5H,(H2,12,16)(H,14,15). The number of hydrogen-bond donors (Lipinski definition) is 2. The predicted octanol–water partition coefficient (Wildman–Crippen LogP) is 1.21. The minimum absolute atomic E-state index is 0.173. The summed E-state index contributed by atoms with van der Waals surface area (Å²) >= 11 is 0. The minimum Gasteiger partial charge on any atom is -0.363 e. The SMILES string of the molecule is NC(=O)c1nc2c(ccc3ncccc32)[nH]1. The third kappa shape index (κ3) is 1.15. The third-order valence-corrected chi connectivity index (χ3v) is 2.47. The summed E-state index contributed by atoms with van der Waals surface area (Å²) in [4.78, 5) is 22.3. The van der Waals surface area contributed by atoms with Crippen LogP contribution in [0.5, 0.6) is 0 Å². The van der Waals surface area contributed by atoms with E-state index >= 15 is 0 Å². The van der Waals surface area contributed by atoms with Crippen LogP contribution >= 0.6 is 0 Å². The summed E-state index contributed by atoms with van der Waals surface area (Å²) in [6, 6.07) is 7.46. The van der Waals surface area contributed by atoms with Crippen molar-refractivity contribution < 1.29 is 4.79 Å². The van der Waals surface area contributed by atoms with E-state index in [-0.39, 0.29) is 5.82 Å². The van der Waals surface area contributed by atoms with Crippen LogP contribution in [0.2, 0.25) is 0 Å². The van der Waals surface area contributed by atoms with Gasteiger partial charge in [0.25, 0.3) is 5.91 Å². The molecule has 0 fully saturated rings. The van der Waals surface area contributed by atoms with E-state index in [2.05, 4.69) is 15.0 Å². The van der Waals surface area contributed by atoms with Crippen molar-refractivity contribution in [2.75, 3.05) is 0 Å². The molecule has 3 N–H and O–H groups in total. The Hall–Kier alpha value is -2.43. The number of primary amides is 1. The van der Waals surface area contributed by atoms with Crippen molar-refractivity contribution in [1.82, 2.24) is 15.0 Å². The fraction of sp³-hybridized carbons (Fsp3) is 0. The molecule has 5 nitrogen and oxygen atoms in total. The number of imidazole rings is 1. The zero-order valence-corrected chi connectivity index (χ0v) is 8.27. The zero-order valence-electron chi connectivity index (χ0n) is 8.27. The molecule has 0 saturated carbocycles. The lowest BCUT2D eigenvalue weighted by Crippen LogP contribution is -2.12. The first-order chi connectivity index (χ1) is 7.75. The van der Waals surface area contributed by atoms with E-state index in [1.165, 1.54) is 0 Å². The maximum atomic E-state index is 11.0. The molecule has 16 heavy (non-hydrogen) atoms. The van der Waals surface area contributed by atoms with Crippen molar-refractivity contribution in [2.45, 2.75) is 0 Å². The van der Waals surface area contributed by atoms with Crippen LogP contribution in [0.1, 0.15) is 10.6 Å². The molecule has 3 aromatic rings. The molecule has 2 heterocycles. The van der Waals surface area contributed by atoms with Crippen LogP contribution in [-0.2, 0) is 0 Å². The summed E-state index contributed by atoms with van der Waals surface area (Å²) in [5.74, 6) is -0.389. The van der Waals surface area contributed by atoms with E-state index in [4.69, 9.17) is 5.73 Å². The highest BCUT2D eigenvalue weighted by molar-refractivity contribution is 6.04. The predicted molar refractivity (Wildman–Crippen MR) is 59.9 cm³/mol. The van der Waals surface area contributed by atoms with Crippen molar-refractivity contribution in [3.8, 4) is 0 Å². The molecule has 0 aliphatic rings. The number of aromatic nitrogens is 3. The number of nitrogens with two attached hydrogens (primary N) is 1. The van der Waals surface area contributed by atoms with Gasteiger partial charge in [-0.25, -0.2) is 4.98 Å². The fourth-order valence-corrected chi connectivity index (χ4v) is 1.74. The van der Waals surface area contributed by atoms with Gasteiger partial charge in [0.15, 0.2) is 5.82 Å². The van der Waals surface area contributed by atoms with Crippen LogP contribution in [0.3, 0.4) is 0 Å². The molecule has 1 amide bonds. The molecule has 3 rings (SSSR count). The number of nitrogens with one attached hydrogen (secondary N) is 1. The van der Waals surface area contributed by atoms with Crippen molar-refractivity contribution in [3.05, 3.63) is 36.3 Å². The average molecular weight is 212 g/mol. The van der Waals surface area contributed by atoms with Crippen LogP contribution < -0.4 is 5.73 Å². The molecule has 0 saturated heterocycles. The van der Waals surface area contributed by atoms with Crippen molar-refractivity contribution in [1.29, 1.82) is 0 Å². The molecule has 1 aromatic carbocycles. The second kappa shape index (κ2) is 3.03. The molecule has 0 aliphatic heterocycles. The van der Waals surface area contributed by atoms with Gasteiger partial charge in [-0.1, -0.05) is 0 Å². The number of hydrogen-bond acceptors (Lipinski definition) is 3. The number of benzene rings is 1. The van der Waals surface area contributed by atoms with Crippen LogP contribution in [0.4, 0.5) is 0 Å². The van der Waals surface area contributed by atoms with Crippen molar-refractivity contribution in [2.24, 2.45) is 5.73 Å². The Balaban J connectivity index is 2.46. The minimum atomic E-state index is -0.562. The molecular weight excluding hydrogens is 204 g/mol. The van der Waals surface area contributed by atoms with Crippen LogP contribution in [0, 0.1) is 0 Å². The number of H-pyrrole nitrogens is 1.